The van der Waals surface area contributed by atoms with Crippen molar-refractivity contribution in [2.24, 2.45) is 0 Å². The summed E-state index contributed by atoms with van der Waals surface area (Å²) in [5.74, 6) is 0. The highest BCUT2D eigenvalue weighted by atomic mass is 35.5. The first-order chi connectivity index (χ1) is 5.76. The van der Waals surface area contributed by atoms with Crippen molar-refractivity contribution in [2.75, 3.05) is 6.26 Å². The zero-order valence-electron chi connectivity index (χ0n) is 7.17. The quantitative estimate of drug-likeness (QED) is 0.428. The molecule has 0 radical (unpaired) electrons. The largest absolute Gasteiger partial charge is 0.228 e. The van der Waals surface area contributed by atoms with E-state index < -0.39 is 0 Å². The Morgan fingerprint density at radius 2 is 2.25 bits per heavy atom. The van der Waals surface area contributed by atoms with Gasteiger partial charge in [-0.2, -0.15) is 0 Å². The van der Waals surface area contributed by atoms with E-state index in [1.807, 2.05) is 12.3 Å². The fourth-order valence-corrected chi connectivity index (χ4v) is 1.57. The lowest BCUT2D eigenvalue weighted by molar-refractivity contribution is 0.828. The molecule has 1 aromatic rings. The lowest BCUT2D eigenvalue weighted by Gasteiger charge is -2.00. The molecule has 0 aromatic carbocycles. The predicted octanol–water partition coefficient (Wildman–Crippen LogP) is 2.80. The van der Waals surface area contributed by atoms with Crippen molar-refractivity contribution in [3.05, 3.63) is 16.9 Å². The third kappa shape index (κ3) is 2.64. The molecule has 0 saturated carbocycles. The molecule has 0 bridgehead atoms. The van der Waals surface area contributed by atoms with Crippen LogP contribution in [0.1, 0.15) is 19.0 Å². The molecule has 1 rings (SSSR count). The SMILES string of the molecule is CCCc1cc(Cl)nc(SC)n1. The summed E-state index contributed by atoms with van der Waals surface area (Å²) in [6, 6.07) is 1.82. The highest BCUT2D eigenvalue weighted by Gasteiger charge is 2.00. The highest BCUT2D eigenvalue weighted by Crippen LogP contribution is 2.14. The van der Waals surface area contributed by atoms with Crippen LogP contribution in [0.4, 0.5) is 0 Å². The predicted molar refractivity (Wildman–Crippen MR) is 52.8 cm³/mol. The van der Waals surface area contributed by atoms with Crippen LogP contribution in [0, 0.1) is 0 Å². The van der Waals surface area contributed by atoms with E-state index in [4.69, 9.17) is 11.6 Å². The summed E-state index contributed by atoms with van der Waals surface area (Å²) in [5, 5.41) is 1.30. The Bertz CT molecular complexity index is 265. The number of rotatable bonds is 3. The second-order valence-electron chi connectivity index (χ2n) is 2.42. The minimum Gasteiger partial charge on any atom is -0.228 e. The molecule has 0 aliphatic rings. The van der Waals surface area contributed by atoms with Crippen molar-refractivity contribution in [3.8, 4) is 0 Å². The summed E-state index contributed by atoms with van der Waals surface area (Å²) in [7, 11) is 0. The number of hydrogen-bond acceptors (Lipinski definition) is 3. The van der Waals surface area contributed by atoms with Gasteiger partial charge in [-0.1, -0.05) is 36.7 Å². The van der Waals surface area contributed by atoms with Crippen LogP contribution < -0.4 is 0 Å². The van der Waals surface area contributed by atoms with E-state index in [9.17, 15) is 0 Å². The maximum Gasteiger partial charge on any atom is 0.188 e. The second kappa shape index (κ2) is 4.67. The smallest absolute Gasteiger partial charge is 0.188 e. The summed E-state index contributed by atoms with van der Waals surface area (Å²) < 4.78 is 0. The lowest BCUT2D eigenvalue weighted by Crippen LogP contribution is -1.93. The molecular formula is C8H11ClN2S. The van der Waals surface area contributed by atoms with Crippen LogP contribution in [0.2, 0.25) is 5.15 Å². The Balaban J connectivity index is 2.90. The Labute approximate surface area is 81.8 Å². The van der Waals surface area contributed by atoms with Crippen LogP contribution in [0.3, 0.4) is 0 Å². The van der Waals surface area contributed by atoms with E-state index >= 15 is 0 Å². The van der Waals surface area contributed by atoms with Crippen molar-refractivity contribution in [1.29, 1.82) is 0 Å². The van der Waals surface area contributed by atoms with Crippen LogP contribution in [0.25, 0.3) is 0 Å². The summed E-state index contributed by atoms with van der Waals surface area (Å²) >= 11 is 7.32. The van der Waals surface area contributed by atoms with E-state index in [1.165, 1.54) is 11.8 Å². The highest BCUT2D eigenvalue weighted by molar-refractivity contribution is 7.98. The molecule has 0 N–H and O–H groups in total. The minimum atomic E-state index is 0.540. The summed E-state index contributed by atoms with van der Waals surface area (Å²) in [6.07, 6.45) is 4.00. The van der Waals surface area contributed by atoms with Gasteiger partial charge >= 0.3 is 0 Å². The van der Waals surface area contributed by atoms with Gasteiger partial charge in [0.2, 0.25) is 0 Å². The molecule has 0 aliphatic heterocycles. The summed E-state index contributed by atoms with van der Waals surface area (Å²) in [5.41, 5.74) is 1.03. The van der Waals surface area contributed by atoms with Crippen LogP contribution >= 0.6 is 23.4 Å². The van der Waals surface area contributed by atoms with E-state index in [0.717, 1.165) is 23.7 Å². The molecule has 0 unspecified atom stereocenters. The maximum absolute atomic E-state index is 5.80. The van der Waals surface area contributed by atoms with Crippen LogP contribution in [-0.2, 0) is 6.42 Å². The van der Waals surface area contributed by atoms with Crippen LogP contribution in [0.15, 0.2) is 11.2 Å². The van der Waals surface area contributed by atoms with Gasteiger partial charge in [-0.05, 0) is 18.7 Å². The Hall–Kier alpha value is -0.280. The molecule has 2 nitrogen and oxygen atoms in total. The van der Waals surface area contributed by atoms with Gasteiger partial charge in [0.1, 0.15) is 5.15 Å². The number of nitrogens with zero attached hydrogens (tertiary/aromatic N) is 2. The van der Waals surface area contributed by atoms with Crippen LogP contribution in [0.5, 0.6) is 0 Å². The monoisotopic (exact) mass is 202 g/mol. The van der Waals surface area contributed by atoms with Gasteiger partial charge in [0, 0.05) is 5.69 Å². The average Bonchev–Trinajstić information content (AvgIpc) is 2.04. The first kappa shape index (κ1) is 9.81. The molecule has 4 heteroatoms. The number of halogens is 1. The van der Waals surface area contributed by atoms with Crippen molar-refractivity contribution in [2.45, 2.75) is 24.9 Å². The molecule has 0 aliphatic carbocycles. The molecule has 0 saturated heterocycles. The molecule has 0 fully saturated rings. The zero-order chi connectivity index (χ0) is 8.97. The fourth-order valence-electron chi connectivity index (χ4n) is 0.917. The van der Waals surface area contributed by atoms with Gasteiger partial charge < -0.3 is 0 Å². The van der Waals surface area contributed by atoms with Crippen molar-refractivity contribution < 1.29 is 0 Å². The molecule has 1 heterocycles. The number of hydrogen-bond donors (Lipinski definition) is 0. The van der Waals surface area contributed by atoms with Crippen molar-refractivity contribution in [3.63, 3.8) is 0 Å². The third-order valence-corrected chi connectivity index (χ3v) is 2.16. The first-order valence-corrected chi connectivity index (χ1v) is 5.44. The minimum absolute atomic E-state index is 0.540. The van der Waals surface area contributed by atoms with Gasteiger partial charge in [0.25, 0.3) is 0 Å². The average molecular weight is 203 g/mol. The fraction of sp³-hybridized carbons (Fsp3) is 0.500. The molecule has 0 spiro atoms. The molecule has 0 amide bonds. The molecule has 1 aromatic heterocycles. The van der Waals surface area contributed by atoms with Gasteiger partial charge in [-0.25, -0.2) is 9.97 Å². The van der Waals surface area contributed by atoms with E-state index in [2.05, 4.69) is 16.9 Å². The van der Waals surface area contributed by atoms with Crippen LogP contribution in [-0.4, -0.2) is 16.2 Å². The Morgan fingerprint density at radius 3 is 2.83 bits per heavy atom. The summed E-state index contributed by atoms with van der Waals surface area (Å²) in [6.45, 7) is 2.12. The molecule has 66 valence electrons. The van der Waals surface area contributed by atoms with Gasteiger partial charge in [0.15, 0.2) is 5.16 Å². The van der Waals surface area contributed by atoms with Gasteiger partial charge in [-0.15, -0.1) is 0 Å². The lowest BCUT2D eigenvalue weighted by atomic mass is 10.2. The standard InChI is InChI=1S/C8H11ClN2S/c1-3-4-6-5-7(9)11-8(10-6)12-2/h5H,3-4H2,1-2H3. The zero-order valence-corrected chi connectivity index (χ0v) is 8.74. The van der Waals surface area contributed by atoms with E-state index in [0.29, 0.717) is 5.15 Å². The van der Waals surface area contributed by atoms with Gasteiger partial charge in [-0.3, -0.25) is 0 Å². The van der Waals surface area contributed by atoms with E-state index in [1.54, 1.807) is 0 Å². The number of thioether (sulfide) groups is 1. The molecular weight excluding hydrogens is 192 g/mol. The Kier molecular flexibility index (Phi) is 3.82. The Morgan fingerprint density at radius 1 is 1.50 bits per heavy atom. The van der Waals surface area contributed by atoms with E-state index in [-0.39, 0.29) is 0 Å². The first-order valence-electron chi connectivity index (χ1n) is 3.83. The molecule has 12 heavy (non-hydrogen) atoms. The van der Waals surface area contributed by atoms with Gasteiger partial charge in [0.05, 0.1) is 0 Å². The van der Waals surface area contributed by atoms with Crippen molar-refractivity contribution >= 4 is 23.4 Å². The summed E-state index contributed by atoms with van der Waals surface area (Å²) in [4.78, 5) is 8.36. The van der Waals surface area contributed by atoms with Crippen molar-refractivity contribution in [1.82, 2.24) is 9.97 Å². The number of aryl methyl sites for hydroxylation is 1. The molecule has 0 atom stereocenters. The second-order valence-corrected chi connectivity index (χ2v) is 3.58. The topological polar surface area (TPSA) is 25.8 Å². The normalized spacial score (nSPS) is 10.2. The maximum atomic E-state index is 5.80. The third-order valence-electron chi connectivity index (χ3n) is 1.42. The number of aromatic nitrogens is 2.